The molecule has 0 aliphatic heterocycles. The largest absolute Gasteiger partial charge is 0.449 e. The van der Waals surface area contributed by atoms with Crippen LogP contribution in [0, 0.1) is 0 Å². The molecule has 0 atom stereocenters. The highest BCUT2D eigenvalue weighted by molar-refractivity contribution is 6.08. The Balaban J connectivity index is 2.11. The van der Waals surface area contributed by atoms with Crippen LogP contribution < -0.4 is 16.2 Å². The van der Waals surface area contributed by atoms with Gasteiger partial charge in [0.15, 0.2) is 5.69 Å². The van der Waals surface area contributed by atoms with Crippen molar-refractivity contribution in [2.24, 2.45) is 0 Å². The summed E-state index contributed by atoms with van der Waals surface area (Å²) < 4.78 is 42.3. The SMILES string of the molecule is CCOC(=O)NNC(=O)c1ccccc1NC(=O)c1cc(C(F)(F)F)[nH]n1. The third-order valence-electron chi connectivity index (χ3n) is 3.09. The van der Waals surface area contributed by atoms with Crippen LogP contribution in [0.15, 0.2) is 30.3 Å². The fourth-order valence-electron chi connectivity index (χ4n) is 1.90. The van der Waals surface area contributed by atoms with E-state index in [9.17, 15) is 27.6 Å². The van der Waals surface area contributed by atoms with Crippen molar-refractivity contribution in [2.45, 2.75) is 13.1 Å². The molecule has 1 aromatic carbocycles. The first-order valence-electron chi connectivity index (χ1n) is 7.48. The Morgan fingerprint density at radius 3 is 2.48 bits per heavy atom. The first kappa shape index (κ1) is 19.8. The lowest BCUT2D eigenvalue weighted by Crippen LogP contribution is -2.42. The van der Waals surface area contributed by atoms with Gasteiger partial charge in [-0.25, -0.2) is 10.2 Å². The Morgan fingerprint density at radius 2 is 1.85 bits per heavy atom. The van der Waals surface area contributed by atoms with E-state index in [1.54, 1.807) is 12.0 Å². The summed E-state index contributed by atoms with van der Waals surface area (Å²) >= 11 is 0. The highest BCUT2D eigenvalue weighted by Crippen LogP contribution is 2.27. The highest BCUT2D eigenvalue weighted by Gasteiger charge is 2.33. The molecule has 0 fully saturated rings. The van der Waals surface area contributed by atoms with Crippen molar-refractivity contribution >= 4 is 23.6 Å². The maximum Gasteiger partial charge on any atom is 0.432 e. The van der Waals surface area contributed by atoms with Gasteiger partial charge in [0, 0.05) is 6.07 Å². The van der Waals surface area contributed by atoms with E-state index in [4.69, 9.17) is 0 Å². The average Bonchev–Trinajstić information content (AvgIpc) is 3.11. The number of H-pyrrole nitrogens is 1. The van der Waals surface area contributed by atoms with Crippen LogP contribution in [0.1, 0.15) is 33.5 Å². The van der Waals surface area contributed by atoms with Crippen LogP contribution in [-0.4, -0.2) is 34.7 Å². The summed E-state index contributed by atoms with van der Waals surface area (Å²) in [5, 5.41) is 7.31. The monoisotopic (exact) mass is 385 g/mol. The van der Waals surface area contributed by atoms with Gasteiger partial charge in [0.05, 0.1) is 17.9 Å². The van der Waals surface area contributed by atoms with E-state index >= 15 is 0 Å². The maximum absolute atomic E-state index is 12.6. The zero-order chi connectivity index (χ0) is 20.0. The van der Waals surface area contributed by atoms with Crippen molar-refractivity contribution in [1.82, 2.24) is 21.0 Å². The van der Waals surface area contributed by atoms with Crippen molar-refractivity contribution in [3.05, 3.63) is 47.3 Å². The summed E-state index contributed by atoms with van der Waals surface area (Å²) in [6.07, 6.45) is -5.56. The summed E-state index contributed by atoms with van der Waals surface area (Å²) in [6.45, 7) is 1.67. The number of hydrazine groups is 1. The minimum absolute atomic E-state index is 0.00205. The summed E-state index contributed by atoms with van der Waals surface area (Å²) in [6, 6.07) is 6.22. The Bertz CT molecular complexity index is 850. The molecule has 0 aliphatic rings. The molecule has 144 valence electrons. The van der Waals surface area contributed by atoms with Gasteiger partial charge >= 0.3 is 12.3 Å². The van der Waals surface area contributed by atoms with Gasteiger partial charge in [0.1, 0.15) is 5.69 Å². The molecule has 2 aromatic rings. The molecule has 1 heterocycles. The van der Waals surface area contributed by atoms with Crippen molar-refractivity contribution in [3.63, 3.8) is 0 Å². The Labute approximate surface area is 150 Å². The lowest BCUT2D eigenvalue weighted by molar-refractivity contribution is -0.141. The second kappa shape index (κ2) is 8.21. The number of anilines is 1. The number of benzene rings is 1. The molecule has 0 spiro atoms. The van der Waals surface area contributed by atoms with Gasteiger partial charge < -0.3 is 10.1 Å². The van der Waals surface area contributed by atoms with E-state index in [0.717, 1.165) is 0 Å². The highest BCUT2D eigenvalue weighted by atomic mass is 19.4. The molecule has 9 nitrogen and oxygen atoms in total. The van der Waals surface area contributed by atoms with E-state index in [1.165, 1.54) is 24.3 Å². The maximum atomic E-state index is 12.6. The van der Waals surface area contributed by atoms with E-state index < -0.39 is 35.5 Å². The number of hydrogen-bond acceptors (Lipinski definition) is 5. The van der Waals surface area contributed by atoms with Gasteiger partial charge in [-0.1, -0.05) is 12.1 Å². The van der Waals surface area contributed by atoms with E-state index in [0.29, 0.717) is 6.07 Å². The fraction of sp³-hybridized carbons (Fsp3) is 0.200. The summed E-state index contributed by atoms with van der Waals surface area (Å²) in [7, 11) is 0. The Hall–Kier alpha value is -3.57. The number of halogens is 3. The smallest absolute Gasteiger partial charge is 0.432 e. The predicted molar refractivity (Wildman–Crippen MR) is 85.6 cm³/mol. The van der Waals surface area contributed by atoms with Crippen molar-refractivity contribution < 1.29 is 32.3 Å². The molecule has 0 bridgehead atoms. The molecule has 0 aliphatic carbocycles. The van der Waals surface area contributed by atoms with Gasteiger partial charge in [-0.2, -0.15) is 18.3 Å². The van der Waals surface area contributed by atoms with Crippen molar-refractivity contribution in [3.8, 4) is 0 Å². The lowest BCUT2D eigenvalue weighted by atomic mass is 10.1. The Morgan fingerprint density at radius 1 is 1.15 bits per heavy atom. The first-order chi connectivity index (χ1) is 12.7. The topological polar surface area (TPSA) is 125 Å². The molecule has 3 amide bonds. The number of aromatic amines is 1. The number of nitrogens with zero attached hydrogens (tertiary/aromatic N) is 1. The fourth-order valence-corrected chi connectivity index (χ4v) is 1.90. The number of carbonyl (C=O) groups excluding carboxylic acids is 3. The second-order valence-corrected chi connectivity index (χ2v) is 4.96. The van der Waals surface area contributed by atoms with Crippen LogP contribution in [0.25, 0.3) is 0 Å². The number of para-hydroxylation sites is 1. The normalized spacial score (nSPS) is 10.8. The molecule has 2 rings (SSSR count). The zero-order valence-electron chi connectivity index (χ0n) is 13.8. The minimum Gasteiger partial charge on any atom is -0.449 e. The molecule has 0 saturated heterocycles. The van der Waals surface area contributed by atoms with E-state index in [2.05, 4.69) is 20.6 Å². The second-order valence-electron chi connectivity index (χ2n) is 4.96. The van der Waals surface area contributed by atoms with Crippen molar-refractivity contribution in [1.29, 1.82) is 0 Å². The van der Waals surface area contributed by atoms with Crippen LogP contribution >= 0.6 is 0 Å². The average molecular weight is 385 g/mol. The number of amides is 3. The van der Waals surface area contributed by atoms with E-state index in [1.807, 2.05) is 5.43 Å². The molecule has 12 heteroatoms. The molecule has 4 N–H and O–H groups in total. The van der Waals surface area contributed by atoms with Crippen LogP contribution in [-0.2, 0) is 10.9 Å². The van der Waals surface area contributed by atoms with Gasteiger partial charge in [-0.05, 0) is 19.1 Å². The van der Waals surface area contributed by atoms with Gasteiger partial charge in [0.25, 0.3) is 11.8 Å². The van der Waals surface area contributed by atoms with Gasteiger partial charge in [-0.15, -0.1) is 0 Å². The minimum atomic E-state index is -4.68. The van der Waals surface area contributed by atoms with Crippen LogP contribution in [0.3, 0.4) is 0 Å². The summed E-state index contributed by atoms with van der Waals surface area (Å²) in [5.74, 6) is -1.74. The molecule has 0 unspecified atom stereocenters. The third-order valence-corrected chi connectivity index (χ3v) is 3.09. The first-order valence-corrected chi connectivity index (χ1v) is 7.48. The number of hydrogen-bond donors (Lipinski definition) is 4. The number of nitrogens with one attached hydrogen (secondary N) is 4. The quantitative estimate of drug-likeness (QED) is 0.600. The Kier molecular flexibility index (Phi) is 6.00. The van der Waals surface area contributed by atoms with Crippen molar-refractivity contribution in [2.75, 3.05) is 11.9 Å². The number of ether oxygens (including phenoxy) is 1. The summed E-state index contributed by atoms with van der Waals surface area (Å²) in [4.78, 5) is 35.4. The molecule has 1 aromatic heterocycles. The van der Waals surface area contributed by atoms with Crippen LogP contribution in [0.5, 0.6) is 0 Å². The van der Waals surface area contributed by atoms with Gasteiger partial charge in [-0.3, -0.25) is 20.1 Å². The number of aromatic nitrogens is 2. The number of rotatable bonds is 4. The standard InChI is InChI=1S/C15H14F3N5O4/c1-2-27-14(26)23-22-12(24)8-5-3-4-6-9(8)19-13(25)10-7-11(21-20-10)15(16,17)18/h3-7H,2H2,1H3,(H,19,25)(H,20,21)(H,22,24)(H,23,26). The van der Waals surface area contributed by atoms with Gasteiger partial charge in [0.2, 0.25) is 0 Å². The number of alkyl halides is 3. The summed E-state index contributed by atoms with van der Waals surface area (Å²) in [5.41, 5.74) is 2.33. The predicted octanol–water partition coefficient (Wildman–Crippen LogP) is 2.07. The number of carbonyl (C=O) groups is 3. The molecular formula is C15H14F3N5O4. The lowest BCUT2D eigenvalue weighted by Gasteiger charge is -2.11. The third kappa shape index (κ3) is 5.20. The molecule has 27 heavy (non-hydrogen) atoms. The van der Waals surface area contributed by atoms with Crippen LogP contribution in [0.2, 0.25) is 0 Å². The molecule has 0 saturated carbocycles. The van der Waals surface area contributed by atoms with Crippen LogP contribution in [0.4, 0.5) is 23.7 Å². The van der Waals surface area contributed by atoms with E-state index in [-0.39, 0.29) is 17.9 Å². The zero-order valence-corrected chi connectivity index (χ0v) is 13.8. The molecule has 0 radical (unpaired) electrons. The molecular weight excluding hydrogens is 371 g/mol.